The number of benzene rings is 1. The Morgan fingerprint density at radius 2 is 2.10 bits per heavy atom. The molecule has 4 heteroatoms. The minimum atomic E-state index is -0.00702. The van der Waals surface area contributed by atoms with Gasteiger partial charge in [0.2, 0.25) is 0 Å². The van der Waals surface area contributed by atoms with Crippen LogP contribution in [0, 0.1) is 0 Å². The standard InChI is InChI=1S/C16H20ClN3/c1-3-20(11-14-6-4-5-9-19-14)16-8-7-13(12(2)18)10-15(16)17/h4-10,12H,3,11,18H2,1-2H3. The molecule has 1 unspecified atom stereocenters. The molecule has 0 saturated carbocycles. The van der Waals surface area contributed by atoms with Gasteiger partial charge in [-0.1, -0.05) is 23.7 Å². The number of pyridine rings is 1. The quantitative estimate of drug-likeness (QED) is 0.911. The molecule has 0 spiro atoms. The first-order valence-corrected chi connectivity index (χ1v) is 7.19. The van der Waals surface area contributed by atoms with Gasteiger partial charge in [-0.3, -0.25) is 4.98 Å². The summed E-state index contributed by atoms with van der Waals surface area (Å²) in [5, 5.41) is 0.734. The molecule has 0 aliphatic rings. The van der Waals surface area contributed by atoms with Crippen molar-refractivity contribution in [1.82, 2.24) is 4.98 Å². The van der Waals surface area contributed by atoms with E-state index in [0.29, 0.717) is 0 Å². The Morgan fingerprint density at radius 1 is 1.30 bits per heavy atom. The molecule has 1 heterocycles. The number of halogens is 1. The smallest absolute Gasteiger partial charge is 0.0643 e. The van der Waals surface area contributed by atoms with Gasteiger partial charge in [0.1, 0.15) is 0 Å². The molecule has 2 rings (SSSR count). The van der Waals surface area contributed by atoms with Crippen molar-refractivity contribution in [1.29, 1.82) is 0 Å². The summed E-state index contributed by atoms with van der Waals surface area (Å²) in [5.74, 6) is 0. The fraction of sp³-hybridized carbons (Fsp3) is 0.312. The molecule has 1 aromatic heterocycles. The minimum absolute atomic E-state index is 0.00702. The number of nitrogens with two attached hydrogens (primary N) is 1. The van der Waals surface area contributed by atoms with Crippen LogP contribution in [0.25, 0.3) is 0 Å². The largest absolute Gasteiger partial charge is 0.365 e. The lowest BCUT2D eigenvalue weighted by molar-refractivity contribution is 0.801. The highest BCUT2D eigenvalue weighted by Gasteiger charge is 2.11. The number of anilines is 1. The van der Waals surface area contributed by atoms with Crippen molar-refractivity contribution in [2.75, 3.05) is 11.4 Å². The second-order valence-corrected chi connectivity index (χ2v) is 5.24. The van der Waals surface area contributed by atoms with E-state index >= 15 is 0 Å². The van der Waals surface area contributed by atoms with Crippen LogP contribution in [-0.4, -0.2) is 11.5 Å². The van der Waals surface area contributed by atoms with E-state index in [2.05, 4.69) is 16.8 Å². The summed E-state index contributed by atoms with van der Waals surface area (Å²) in [6, 6.07) is 11.9. The molecule has 2 N–H and O–H groups in total. The zero-order valence-electron chi connectivity index (χ0n) is 11.9. The van der Waals surface area contributed by atoms with Crippen LogP contribution >= 0.6 is 11.6 Å². The molecule has 0 fully saturated rings. The second-order valence-electron chi connectivity index (χ2n) is 4.83. The van der Waals surface area contributed by atoms with E-state index < -0.39 is 0 Å². The summed E-state index contributed by atoms with van der Waals surface area (Å²) in [4.78, 5) is 6.57. The third-order valence-corrected chi connectivity index (χ3v) is 3.60. The molecule has 0 radical (unpaired) electrons. The van der Waals surface area contributed by atoms with E-state index in [1.54, 1.807) is 0 Å². The Balaban J connectivity index is 2.23. The Hall–Kier alpha value is -1.58. The predicted octanol–water partition coefficient (Wildman–Crippen LogP) is 3.78. The first-order chi connectivity index (χ1) is 9.61. The summed E-state index contributed by atoms with van der Waals surface area (Å²) >= 11 is 6.40. The Morgan fingerprint density at radius 3 is 2.65 bits per heavy atom. The maximum Gasteiger partial charge on any atom is 0.0643 e. The molecular weight excluding hydrogens is 270 g/mol. The van der Waals surface area contributed by atoms with Gasteiger partial charge in [0, 0.05) is 18.8 Å². The number of hydrogen-bond acceptors (Lipinski definition) is 3. The molecule has 1 aromatic carbocycles. The van der Waals surface area contributed by atoms with Crippen LogP contribution in [0.1, 0.15) is 31.1 Å². The van der Waals surface area contributed by atoms with Crippen molar-refractivity contribution in [2.24, 2.45) is 5.73 Å². The van der Waals surface area contributed by atoms with Crippen molar-refractivity contribution < 1.29 is 0 Å². The van der Waals surface area contributed by atoms with Crippen LogP contribution in [0.3, 0.4) is 0 Å². The third-order valence-electron chi connectivity index (χ3n) is 3.30. The van der Waals surface area contributed by atoms with Gasteiger partial charge in [-0.25, -0.2) is 0 Å². The van der Waals surface area contributed by atoms with Gasteiger partial charge >= 0.3 is 0 Å². The zero-order valence-corrected chi connectivity index (χ0v) is 12.6. The van der Waals surface area contributed by atoms with Gasteiger partial charge in [0.15, 0.2) is 0 Å². The van der Waals surface area contributed by atoms with E-state index in [1.165, 1.54) is 0 Å². The zero-order chi connectivity index (χ0) is 14.5. The topological polar surface area (TPSA) is 42.2 Å². The number of nitrogens with zero attached hydrogens (tertiary/aromatic N) is 2. The maximum atomic E-state index is 6.40. The average Bonchev–Trinajstić information content (AvgIpc) is 2.46. The van der Waals surface area contributed by atoms with Gasteiger partial charge in [0.25, 0.3) is 0 Å². The molecular formula is C16H20ClN3. The van der Waals surface area contributed by atoms with E-state index in [4.69, 9.17) is 17.3 Å². The SMILES string of the molecule is CCN(Cc1ccccn1)c1ccc(C(C)N)cc1Cl. The van der Waals surface area contributed by atoms with E-state index in [-0.39, 0.29) is 6.04 Å². The minimum Gasteiger partial charge on any atom is -0.365 e. The van der Waals surface area contributed by atoms with E-state index in [0.717, 1.165) is 35.1 Å². The highest BCUT2D eigenvalue weighted by Crippen LogP contribution is 2.29. The van der Waals surface area contributed by atoms with Crippen LogP contribution in [-0.2, 0) is 6.54 Å². The first kappa shape index (κ1) is 14.8. The fourth-order valence-electron chi connectivity index (χ4n) is 2.12. The molecule has 0 amide bonds. The summed E-state index contributed by atoms with van der Waals surface area (Å²) in [6.45, 7) is 5.68. The Bertz CT molecular complexity index is 555. The van der Waals surface area contributed by atoms with Crippen LogP contribution in [0.5, 0.6) is 0 Å². The molecule has 1 atom stereocenters. The van der Waals surface area contributed by atoms with Gasteiger partial charge in [-0.2, -0.15) is 0 Å². The van der Waals surface area contributed by atoms with Gasteiger partial charge in [0.05, 0.1) is 22.9 Å². The predicted molar refractivity (Wildman–Crippen MR) is 85.0 cm³/mol. The van der Waals surface area contributed by atoms with Crippen LogP contribution < -0.4 is 10.6 Å². The van der Waals surface area contributed by atoms with Crippen molar-refractivity contribution in [3.05, 3.63) is 58.9 Å². The lowest BCUT2D eigenvalue weighted by atomic mass is 10.1. The highest BCUT2D eigenvalue weighted by atomic mass is 35.5. The molecule has 0 aliphatic heterocycles. The number of aromatic nitrogens is 1. The maximum absolute atomic E-state index is 6.40. The monoisotopic (exact) mass is 289 g/mol. The lowest BCUT2D eigenvalue weighted by Crippen LogP contribution is -2.23. The summed E-state index contributed by atoms with van der Waals surface area (Å²) in [7, 11) is 0. The first-order valence-electron chi connectivity index (χ1n) is 6.81. The Kier molecular flexibility index (Phi) is 4.99. The normalized spacial score (nSPS) is 12.2. The van der Waals surface area contributed by atoms with Crippen molar-refractivity contribution in [3.8, 4) is 0 Å². The van der Waals surface area contributed by atoms with Crippen molar-refractivity contribution in [2.45, 2.75) is 26.4 Å². The highest BCUT2D eigenvalue weighted by molar-refractivity contribution is 6.33. The molecule has 20 heavy (non-hydrogen) atoms. The second kappa shape index (κ2) is 6.73. The molecule has 2 aromatic rings. The van der Waals surface area contributed by atoms with E-state index in [9.17, 15) is 0 Å². The third kappa shape index (κ3) is 3.50. The molecule has 3 nitrogen and oxygen atoms in total. The van der Waals surface area contributed by atoms with Gasteiger partial charge in [-0.05, 0) is 43.7 Å². The molecule has 0 aliphatic carbocycles. The molecule has 0 bridgehead atoms. The van der Waals surface area contributed by atoms with Crippen LogP contribution in [0.4, 0.5) is 5.69 Å². The summed E-state index contributed by atoms with van der Waals surface area (Å²) in [5.41, 5.74) is 8.98. The summed E-state index contributed by atoms with van der Waals surface area (Å²) in [6.07, 6.45) is 1.81. The van der Waals surface area contributed by atoms with Gasteiger partial charge < -0.3 is 10.6 Å². The van der Waals surface area contributed by atoms with Gasteiger partial charge in [-0.15, -0.1) is 0 Å². The fourth-order valence-corrected chi connectivity index (χ4v) is 2.43. The van der Waals surface area contributed by atoms with Crippen LogP contribution in [0.15, 0.2) is 42.6 Å². The molecule has 106 valence electrons. The molecule has 0 saturated heterocycles. The Labute approximate surface area is 125 Å². The average molecular weight is 290 g/mol. The lowest BCUT2D eigenvalue weighted by Gasteiger charge is -2.24. The summed E-state index contributed by atoms with van der Waals surface area (Å²) < 4.78 is 0. The van der Waals surface area contributed by atoms with Crippen molar-refractivity contribution in [3.63, 3.8) is 0 Å². The number of hydrogen-bond donors (Lipinski definition) is 1. The van der Waals surface area contributed by atoms with Crippen molar-refractivity contribution >= 4 is 17.3 Å². The van der Waals surface area contributed by atoms with Crippen LogP contribution in [0.2, 0.25) is 5.02 Å². The number of rotatable bonds is 5. The van der Waals surface area contributed by atoms with E-state index in [1.807, 2.05) is 49.5 Å².